The number of benzene rings is 1. The van der Waals surface area contributed by atoms with E-state index in [1.54, 1.807) is 0 Å². The fourth-order valence-electron chi connectivity index (χ4n) is 2.13. The van der Waals surface area contributed by atoms with Crippen molar-refractivity contribution in [1.82, 2.24) is 10.9 Å². The van der Waals surface area contributed by atoms with Gasteiger partial charge in [-0.2, -0.15) is 13.2 Å². The van der Waals surface area contributed by atoms with Crippen LogP contribution in [0.25, 0.3) is 0 Å². The molecule has 0 saturated carbocycles. The number of hydrogen-bond donors (Lipinski definition) is 3. The lowest BCUT2D eigenvalue weighted by Crippen LogP contribution is -2.48. The van der Waals surface area contributed by atoms with E-state index in [2.05, 4.69) is 10.9 Å². The highest BCUT2D eigenvalue weighted by atomic mass is 19.4. The predicted molar refractivity (Wildman–Crippen MR) is 69.9 cm³/mol. The van der Waals surface area contributed by atoms with Crippen molar-refractivity contribution in [3.05, 3.63) is 46.7 Å². The van der Waals surface area contributed by atoms with Gasteiger partial charge >= 0.3 is 6.18 Å². The van der Waals surface area contributed by atoms with Crippen LogP contribution in [0.2, 0.25) is 0 Å². The van der Waals surface area contributed by atoms with E-state index >= 15 is 0 Å². The molecular formula is C14H15F3N2O2. The summed E-state index contributed by atoms with van der Waals surface area (Å²) < 4.78 is 37.9. The Kier molecular flexibility index (Phi) is 4.34. The third kappa shape index (κ3) is 3.83. The van der Waals surface area contributed by atoms with Crippen molar-refractivity contribution < 1.29 is 23.1 Å². The Labute approximate surface area is 119 Å². The zero-order valence-corrected chi connectivity index (χ0v) is 11.3. The topological polar surface area (TPSA) is 61.4 Å². The number of carbonyl (C=O) groups excluding carboxylic acids is 1. The molecule has 4 nitrogen and oxygen atoms in total. The van der Waals surface area contributed by atoms with E-state index in [4.69, 9.17) is 5.11 Å². The van der Waals surface area contributed by atoms with Crippen LogP contribution < -0.4 is 10.9 Å². The van der Waals surface area contributed by atoms with Gasteiger partial charge in [0, 0.05) is 11.8 Å². The molecule has 1 aromatic carbocycles. The van der Waals surface area contributed by atoms with Crippen LogP contribution in [-0.4, -0.2) is 17.1 Å². The second-order valence-electron chi connectivity index (χ2n) is 4.89. The monoisotopic (exact) mass is 300 g/mol. The van der Waals surface area contributed by atoms with Crippen LogP contribution in [0.3, 0.4) is 0 Å². The molecule has 0 saturated heterocycles. The average Bonchev–Trinajstić information content (AvgIpc) is 2.39. The lowest BCUT2D eigenvalue weighted by Gasteiger charge is -2.20. The Hall–Kier alpha value is -1.86. The highest BCUT2D eigenvalue weighted by Crippen LogP contribution is 2.32. The smallest absolute Gasteiger partial charge is 0.370 e. The fourth-order valence-corrected chi connectivity index (χ4v) is 2.13. The number of aryl methyl sites for hydroxylation is 2. The maximum absolute atomic E-state index is 12.6. The molecule has 21 heavy (non-hydrogen) atoms. The van der Waals surface area contributed by atoms with E-state index in [9.17, 15) is 18.0 Å². The van der Waals surface area contributed by atoms with Crippen LogP contribution in [0, 0.1) is 6.92 Å². The minimum Gasteiger partial charge on any atom is -0.370 e. The summed E-state index contributed by atoms with van der Waals surface area (Å²) in [4.78, 5) is 11.3. The second-order valence-corrected chi connectivity index (χ2v) is 4.89. The fraction of sp³-hybridized carbons (Fsp3) is 0.357. The molecule has 3 N–H and O–H groups in total. The summed E-state index contributed by atoms with van der Waals surface area (Å²) in [5, 5.41) is 9.15. The van der Waals surface area contributed by atoms with Gasteiger partial charge in [-0.25, -0.2) is 5.43 Å². The van der Waals surface area contributed by atoms with Gasteiger partial charge in [0.15, 0.2) is 6.23 Å². The molecule has 2 rings (SSSR count). The van der Waals surface area contributed by atoms with Gasteiger partial charge in [-0.3, -0.25) is 4.79 Å². The number of hydrogen-bond acceptors (Lipinski definition) is 4. The number of aliphatic hydroxyl groups excluding tert-OH is 1. The Morgan fingerprint density at radius 2 is 2.00 bits per heavy atom. The first-order valence-corrected chi connectivity index (χ1v) is 6.38. The van der Waals surface area contributed by atoms with E-state index in [1.165, 1.54) is 25.1 Å². The molecule has 0 amide bonds. The first-order valence-electron chi connectivity index (χ1n) is 6.38. The number of hydrazine groups is 1. The van der Waals surface area contributed by atoms with Crippen molar-refractivity contribution in [2.75, 3.05) is 0 Å². The molecule has 1 aromatic rings. The van der Waals surface area contributed by atoms with Crippen LogP contribution in [0.1, 0.15) is 23.1 Å². The van der Waals surface area contributed by atoms with Gasteiger partial charge in [0.2, 0.25) is 5.78 Å². The SMILES string of the molecule is Cc1cc(CCC2=CC(=O)C(O)NN2)ccc1C(F)(F)F. The molecule has 0 aromatic heterocycles. The van der Waals surface area contributed by atoms with Gasteiger partial charge in [-0.05, 0) is 37.0 Å². The number of allylic oxidation sites excluding steroid dienone is 1. The van der Waals surface area contributed by atoms with E-state index in [1.807, 2.05) is 0 Å². The average molecular weight is 300 g/mol. The van der Waals surface area contributed by atoms with Crippen LogP contribution in [0.15, 0.2) is 30.0 Å². The largest absolute Gasteiger partial charge is 0.416 e. The van der Waals surface area contributed by atoms with Crippen molar-refractivity contribution in [3.8, 4) is 0 Å². The lowest BCUT2D eigenvalue weighted by molar-refractivity contribution is -0.138. The summed E-state index contributed by atoms with van der Waals surface area (Å²) >= 11 is 0. The lowest BCUT2D eigenvalue weighted by atomic mass is 10.0. The summed E-state index contributed by atoms with van der Waals surface area (Å²) in [6, 6.07) is 4.00. The third-order valence-corrected chi connectivity index (χ3v) is 3.23. The number of ketones is 1. The summed E-state index contributed by atoms with van der Waals surface area (Å²) in [6.07, 6.45) is -3.37. The Balaban J connectivity index is 2.03. The molecule has 1 heterocycles. The molecule has 0 aliphatic carbocycles. The van der Waals surface area contributed by atoms with Gasteiger partial charge in [0.1, 0.15) is 0 Å². The van der Waals surface area contributed by atoms with Gasteiger partial charge < -0.3 is 10.5 Å². The number of aliphatic hydroxyl groups is 1. The van der Waals surface area contributed by atoms with E-state index < -0.39 is 23.8 Å². The summed E-state index contributed by atoms with van der Waals surface area (Å²) in [5.41, 5.74) is 5.95. The van der Waals surface area contributed by atoms with Gasteiger partial charge in [-0.1, -0.05) is 12.1 Å². The molecular weight excluding hydrogens is 285 g/mol. The Morgan fingerprint density at radius 1 is 1.29 bits per heavy atom. The van der Waals surface area contributed by atoms with Crippen molar-refractivity contribution in [1.29, 1.82) is 0 Å². The van der Waals surface area contributed by atoms with Crippen molar-refractivity contribution in [3.63, 3.8) is 0 Å². The predicted octanol–water partition coefficient (Wildman–Crippen LogP) is 1.83. The molecule has 0 spiro atoms. The van der Waals surface area contributed by atoms with E-state index in [-0.39, 0.29) is 5.56 Å². The van der Waals surface area contributed by atoms with Crippen LogP contribution in [-0.2, 0) is 17.4 Å². The number of alkyl halides is 3. The molecule has 1 atom stereocenters. The Bertz CT molecular complexity index is 582. The molecule has 1 aliphatic heterocycles. The summed E-state index contributed by atoms with van der Waals surface area (Å²) in [5.74, 6) is -0.452. The minimum atomic E-state index is -4.34. The van der Waals surface area contributed by atoms with Gasteiger partial charge in [-0.15, -0.1) is 0 Å². The molecule has 1 unspecified atom stereocenters. The van der Waals surface area contributed by atoms with Crippen molar-refractivity contribution in [2.24, 2.45) is 0 Å². The third-order valence-electron chi connectivity index (χ3n) is 3.23. The first-order chi connectivity index (χ1) is 9.77. The number of nitrogens with one attached hydrogen (secondary N) is 2. The highest BCUT2D eigenvalue weighted by Gasteiger charge is 2.32. The first kappa shape index (κ1) is 15.5. The maximum Gasteiger partial charge on any atom is 0.416 e. The summed E-state index contributed by atoms with van der Waals surface area (Å²) in [7, 11) is 0. The standard InChI is InChI=1S/C14H15F3N2O2/c1-8-6-9(3-5-11(8)14(15,16)17)2-4-10-7-12(20)13(21)19-18-10/h3,5-7,13,18-19,21H,2,4H2,1H3. The zero-order valence-electron chi connectivity index (χ0n) is 11.3. The maximum atomic E-state index is 12.6. The number of halogens is 3. The van der Waals surface area contributed by atoms with Gasteiger partial charge in [0.05, 0.1) is 5.56 Å². The number of carbonyl (C=O) groups is 1. The quantitative estimate of drug-likeness (QED) is 0.797. The van der Waals surface area contributed by atoms with Gasteiger partial charge in [0.25, 0.3) is 0 Å². The molecule has 0 bridgehead atoms. The molecule has 0 radical (unpaired) electrons. The van der Waals surface area contributed by atoms with E-state index in [0.717, 1.165) is 11.6 Å². The number of rotatable bonds is 3. The van der Waals surface area contributed by atoms with Crippen molar-refractivity contribution >= 4 is 5.78 Å². The molecule has 7 heteroatoms. The minimum absolute atomic E-state index is 0.176. The highest BCUT2D eigenvalue weighted by molar-refractivity contribution is 5.94. The molecule has 1 aliphatic rings. The second kappa shape index (κ2) is 5.87. The van der Waals surface area contributed by atoms with E-state index in [0.29, 0.717) is 18.5 Å². The van der Waals surface area contributed by atoms with Crippen molar-refractivity contribution in [2.45, 2.75) is 32.2 Å². The van der Waals surface area contributed by atoms with Crippen LogP contribution >= 0.6 is 0 Å². The Morgan fingerprint density at radius 3 is 2.57 bits per heavy atom. The molecule has 0 fully saturated rings. The summed E-state index contributed by atoms with van der Waals surface area (Å²) in [6.45, 7) is 1.42. The van der Waals surface area contributed by atoms with Crippen LogP contribution in [0.4, 0.5) is 13.2 Å². The molecule has 114 valence electrons. The normalized spacial score (nSPS) is 19.2. The van der Waals surface area contributed by atoms with Crippen LogP contribution in [0.5, 0.6) is 0 Å². The zero-order chi connectivity index (χ0) is 15.6.